The van der Waals surface area contributed by atoms with Gasteiger partial charge < -0.3 is 19.7 Å². The number of carbonyl (C=O) groups excluding carboxylic acids is 4. The molecule has 8 aliphatic rings. The normalized spacial score (nSPS) is 48.3. The van der Waals surface area contributed by atoms with Crippen molar-refractivity contribution in [2.75, 3.05) is 6.61 Å². The van der Waals surface area contributed by atoms with Gasteiger partial charge in [0.2, 0.25) is 5.78 Å². The van der Waals surface area contributed by atoms with Crippen LogP contribution in [0.1, 0.15) is 131 Å². The number of aliphatic hydroxyl groups is 2. The molecule has 6 fully saturated rings. The van der Waals surface area contributed by atoms with Gasteiger partial charge in [0.25, 0.3) is 0 Å². The van der Waals surface area contributed by atoms with Gasteiger partial charge in [0.1, 0.15) is 11.7 Å². The lowest BCUT2D eigenvalue weighted by atomic mass is 9.44. The van der Waals surface area contributed by atoms with E-state index in [-0.39, 0.29) is 60.3 Å². The molecule has 0 aromatic carbocycles. The minimum absolute atomic E-state index is 0.0626. The van der Waals surface area contributed by atoms with Crippen molar-refractivity contribution in [3.63, 3.8) is 0 Å². The first-order chi connectivity index (χ1) is 26.7. The third-order valence-corrected chi connectivity index (χ3v) is 18.4. The first-order valence-corrected chi connectivity index (χ1v) is 22.0. The van der Waals surface area contributed by atoms with Crippen LogP contribution in [0.25, 0.3) is 0 Å². The standard InChI is InChI=1S/C48H65FO8/c1-27-15-20-45(6)30(21-27)11-12-33-36-23-29(3)48(55,46(36,7)25-37(51)47(33,45)49)38(52)26-56-40(53)9-8-10-41(54)57-39-14-13-34-42-28(2)22-31-24-32(50)16-18-43(31,4)35(42)17-19-44(34,39)5/h15,20-21,24,28-29,33-37,39,42,51,55H,1,8-14,16-19,22-23,25-26H2,2-7H3. The molecule has 0 aromatic rings. The predicted octanol–water partition coefficient (Wildman–Crippen LogP) is 8.29. The predicted molar refractivity (Wildman–Crippen MR) is 213 cm³/mol. The summed E-state index contributed by atoms with van der Waals surface area (Å²) in [6, 6.07) is 0. The van der Waals surface area contributed by atoms with E-state index in [1.54, 1.807) is 13.8 Å². The highest BCUT2D eigenvalue weighted by molar-refractivity contribution is 5.92. The lowest BCUT2D eigenvalue weighted by Gasteiger charge is -2.62. The number of Topliss-reactive ketones (excluding diaryl/α,β-unsaturated/α-hetero) is 1. The van der Waals surface area contributed by atoms with Crippen LogP contribution in [0.15, 0.2) is 47.6 Å². The molecule has 0 aromatic heterocycles. The van der Waals surface area contributed by atoms with Crippen LogP contribution in [0.2, 0.25) is 0 Å². The molecule has 0 bridgehead atoms. The zero-order valence-electron chi connectivity index (χ0n) is 35.0. The van der Waals surface area contributed by atoms with Crippen molar-refractivity contribution < 1.29 is 43.3 Å². The molecule has 2 N–H and O–H groups in total. The number of hydrogen-bond donors (Lipinski definition) is 2. The minimum Gasteiger partial charge on any atom is -0.462 e. The number of carbonyl (C=O) groups is 4. The SMILES string of the molecule is C=C1C=CC2(C)C(=C1)CCC1C3CC(C)C(O)(C(=O)COC(=O)CCCC(=O)OC4CCC5C6C(C)CC7=CC(=O)CCC7(C)C6CCC45C)C3(C)CC(O)C12F. The summed E-state index contributed by atoms with van der Waals surface area (Å²) in [5.41, 5.74) is -2.96. The molecule has 0 spiro atoms. The molecule has 9 heteroatoms. The lowest BCUT2D eigenvalue weighted by Crippen LogP contribution is -2.69. The monoisotopic (exact) mass is 788 g/mol. The fourth-order valence-corrected chi connectivity index (χ4v) is 15.2. The molecule has 8 rings (SSSR count). The zero-order valence-corrected chi connectivity index (χ0v) is 35.0. The summed E-state index contributed by atoms with van der Waals surface area (Å²) in [4.78, 5) is 52.4. The van der Waals surface area contributed by atoms with Crippen molar-refractivity contribution in [1.29, 1.82) is 0 Å². The molecule has 0 heterocycles. The fourth-order valence-electron chi connectivity index (χ4n) is 15.2. The molecule has 8 nitrogen and oxygen atoms in total. The van der Waals surface area contributed by atoms with Crippen LogP contribution in [0.5, 0.6) is 0 Å². The van der Waals surface area contributed by atoms with E-state index >= 15 is 4.39 Å². The summed E-state index contributed by atoms with van der Waals surface area (Å²) in [5.74, 6) is -0.765. The van der Waals surface area contributed by atoms with E-state index in [0.29, 0.717) is 49.4 Å². The molecule has 0 saturated heterocycles. The van der Waals surface area contributed by atoms with Gasteiger partial charge in [-0.05, 0) is 130 Å². The number of rotatable bonds is 8. The Bertz CT molecular complexity index is 1850. The van der Waals surface area contributed by atoms with Crippen molar-refractivity contribution in [3.05, 3.63) is 47.6 Å². The van der Waals surface area contributed by atoms with Crippen LogP contribution >= 0.6 is 0 Å². The molecule has 6 saturated carbocycles. The largest absolute Gasteiger partial charge is 0.462 e. The van der Waals surface area contributed by atoms with Crippen LogP contribution in [0.4, 0.5) is 4.39 Å². The van der Waals surface area contributed by atoms with Crippen molar-refractivity contribution >= 4 is 23.5 Å². The second-order valence-corrected chi connectivity index (χ2v) is 20.9. The Morgan fingerprint density at radius 3 is 2.40 bits per heavy atom. The number of aliphatic hydroxyl groups excluding tert-OH is 1. The minimum atomic E-state index is -1.97. The summed E-state index contributed by atoms with van der Waals surface area (Å²) in [5, 5.41) is 23.9. The number of fused-ring (bicyclic) bond motifs is 10. The molecular formula is C48H65FO8. The maximum Gasteiger partial charge on any atom is 0.306 e. The van der Waals surface area contributed by atoms with Crippen LogP contribution in [-0.4, -0.2) is 63.8 Å². The summed E-state index contributed by atoms with van der Waals surface area (Å²) in [6.07, 6.45) is 14.1. The Hall–Kier alpha value is -2.91. The Balaban J connectivity index is 0.843. The number of esters is 2. The van der Waals surface area contributed by atoms with Gasteiger partial charge in [-0.1, -0.05) is 70.6 Å². The average molecular weight is 789 g/mol. The Labute approximate surface area is 338 Å². The van der Waals surface area contributed by atoms with Crippen LogP contribution in [-0.2, 0) is 28.7 Å². The molecule has 0 radical (unpaired) electrons. The average Bonchev–Trinajstić information content (AvgIpc) is 3.58. The van der Waals surface area contributed by atoms with E-state index in [4.69, 9.17) is 9.47 Å². The molecule has 15 atom stereocenters. The van der Waals surface area contributed by atoms with E-state index in [0.717, 1.165) is 49.7 Å². The number of hydrogen-bond acceptors (Lipinski definition) is 8. The van der Waals surface area contributed by atoms with Crippen molar-refractivity contribution in [2.45, 2.75) is 155 Å². The van der Waals surface area contributed by atoms with Crippen molar-refractivity contribution in [3.8, 4) is 0 Å². The smallest absolute Gasteiger partial charge is 0.306 e. The number of ketones is 2. The molecule has 0 amide bonds. The molecular weight excluding hydrogens is 724 g/mol. The maximum absolute atomic E-state index is 17.6. The molecule has 0 aliphatic heterocycles. The second-order valence-electron chi connectivity index (χ2n) is 20.9. The summed E-state index contributed by atoms with van der Waals surface area (Å²) in [7, 11) is 0. The quantitative estimate of drug-likeness (QED) is 0.236. The number of alkyl halides is 1. The van der Waals surface area contributed by atoms with Crippen LogP contribution in [0.3, 0.4) is 0 Å². The Kier molecular flexibility index (Phi) is 9.91. The maximum atomic E-state index is 17.6. The topological polar surface area (TPSA) is 127 Å². The van der Waals surface area contributed by atoms with Gasteiger partial charge in [-0.15, -0.1) is 0 Å². The number of halogens is 1. The Morgan fingerprint density at radius 1 is 0.912 bits per heavy atom. The number of ether oxygens (including phenoxy) is 2. The lowest BCUT2D eigenvalue weighted by molar-refractivity contribution is -0.219. The first kappa shape index (κ1) is 40.9. The first-order valence-electron chi connectivity index (χ1n) is 22.0. The van der Waals surface area contributed by atoms with E-state index < -0.39 is 58.4 Å². The van der Waals surface area contributed by atoms with E-state index in [1.165, 1.54) is 5.57 Å². The van der Waals surface area contributed by atoms with Gasteiger partial charge in [0.15, 0.2) is 18.1 Å². The fraction of sp³-hybridized carbons (Fsp3) is 0.750. The van der Waals surface area contributed by atoms with Gasteiger partial charge in [-0.2, -0.15) is 0 Å². The van der Waals surface area contributed by atoms with E-state index in [2.05, 4.69) is 27.4 Å². The molecule has 57 heavy (non-hydrogen) atoms. The van der Waals surface area contributed by atoms with Crippen molar-refractivity contribution in [2.24, 2.45) is 63.1 Å². The third kappa shape index (κ3) is 5.76. The second kappa shape index (κ2) is 13.8. The van der Waals surface area contributed by atoms with E-state index in [9.17, 15) is 29.4 Å². The number of allylic oxidation sites excluding steroid dienone is 6. The van der Waals surface area contributed by atoms with Gasteiger partial charge in [0, 0.05) is 41.4 Å². The van der Waals surface area contributed by atoms with Gasteiger partial charge in [-0.3, -0.25) is 19.2 Å². The summed E-state index contributed by atoms with van der Waals surface area (Å²) < 4.78 is 29.2. The molecule has 312 valence electrons. The zero-order chi connectivity index (χ0) is 41.1. The van der Waals surface area contributed by atoms with Gasteiger partial charge in [-0.25, -0.2) is 4.39 Å². The molecule has 15 unspecified atom stereocenters. The third-order valence-electron chi connectivity index (χ3n) is 18.4. The Morgan fingerprint density at radius 2 is 1.65 bits per heavy atom. The van der Waals surface area contributed by atoms with E-state index in [1.807, 2.05) is 31.2 Å². The summed E-state index contributed by atoms with van der Waals surface area (Å²) in [6.45, 7) is 15.9. The van der Waals surface area contributed by atoms with Gasteiger partial charge in [0.05, 0.1) is 6.10 Å². The highest BCUT2D eigenvalue weighted by Gasteiger charge is 2.75. The highest BCUT2D eigenvalue weighted by atomic mass is 19.1. The molecule has 8 aliphatic carbocycles. The highest BCUT2D eigenvalue weighted by Crippen LogP contribution is 2.71. The van der Waals surface area contributed by atoms with Crippen LogP contribution in [0, 0.1) is 63.1 Å². The van der Waals surface area contributed by atoms with Crippen molar-refractivity contribution in [1.82, 2.24) is 0 Å². The summed E-state index contributed by atoms with van der Waals surface area (Å²) >= 11 is 0. The van der Waals surface area contributed by atoms with Crippen LogP contribution < -0.4 is 0 Å². The van der Waals surface area contributed by atoms with Gasteiger partial charge >= 0.3 is 11.9 Å².